The van der Waals surface area contributed by atoms with E-state index in [0.29, 0.717) is 11.5 Å². The molecule has 0 aliphatic carbocycles. The molecule has 1 fully saturated rings. The topological polar surface area (TPSA) is 42.4 Å². The third-order valence-corrected chi connectivity index (χ3v) is 4.72. The Morgan fingerprint density at radius 3 is 2.87 bits per heavy atom. The van der Waals surface area contributed by atoms with E-state index in [9.17, 15) is 4.79 Å². The largest absolute Gasteiger partial charge is 0.459 e. The van der Waals surface area contributed by atoms with Crippen LogP contribution in [0.4, 0.5) is 5.82 Å². The number of anilines is 1. The van der Waals surface area contributed by atoms with Gasteiger partial charge in [0.15, 0.2) is 0 Å². The molecule has 4 heteroatoms. The van der Waals surface area contributed by atoms with Crippen LogP contribution in [0.5, 0.6) is 0 Å². The fourth-order valence-electron chi connectivity index (χ4n) is 3.59. The molecule has 2 rings (SSSR count). The van der Waals surface area contributed by atoms with Crippen molar-refractivity contribution < 1.29 is 9.53 Å². The van der Waals surface area contributed by atoms with Crippen molar-refractivity contribution >= 4 is 11.8 Å². The molecule has 4 nitrogen and oxygen atoms in total. The summed E-state index contributed by atoms with van der Waals surface area (Å²) in [5.41, 5.74) is 0.588. The fraction of sp³-hybridized carbons (Fsp3) is 0.684. The van der Waals surface area contributed by atoms with E-state index in [4.69, 9.17) is 4.74 Å². The lowest BCUT2D eigenvalue weighted by molar-refractivity contribution is 0.0378. The Kier molecular flexibility index (Phi) is 6.43. The quantitative estimate of drug-likeness (QED) is 0.703. The first-order valence-corrected chi connectivity index (χ1v) is 8.97. The molecule has 0 bridgehead atoms. The number of carbonyl (C=O) groups excluding carboxylic acids is 1. The number of rotatable bonds is 7. The summed E-state index contributed by atoms with van der Waals surface area (Å²) in [6, 6.07) is 3.63. The van der Waals surface area contributed by atoms with Gasteiger partial charge in [-0.3, -0.25) is 0 Å². The third kappa shape index (κ3) is 4.46. The zero-order valence-electron chi connectivity index (χ0n) is 14.9. The molecule has 0 radical (unpaired) electrons. The molecule has 1 aromatic heterocycles. The van der Waals surface area contributed by atoms with Crippen LogP contribution < -0.4 is 4.90 Å². The zero-order chi connectivity index (χ0) is 16.8. The number of ether oxygens (including phenoxy) is 1. The first-order chi connectivity index (χ1) is 11.1. The van der Waals surface area contributed by atoms with Crippen LogP contribution in [-0.4, -0.2) is 30.1 Å². The lowest BCUT2D eigenvalue weighted by Crippen LogP contribution is -2.26. The molecule has 2 heterocycles. The Hall–Kier alpha value is -1.58. The van der Waals surface area contributed by atoms with E-state index < -0.39 is 0 Å². The molecule has 1 aromatic rings. The lowest BCUT2D eigenvalue weighted by Gasteiger charge is -2.24. The number of esters is 1. The maximum absolute atomic E-state index is 12.3. The van der Waals surface area contributed by atoms with Crippen LogP contribution in [0.25, 0.3) is 0 Å². The van der Waals surface area contributed by atoms with E-state index >= 15 is 0 Å². The second-order valence-electron chi connectivity index (χ2n) is 6.78. The molecule has 2 atom stereocenters. The maximum Gasteiger partial charge on any atom is 0.342 e. The summed E-state index contributed by atoms with van der Waals surface area (Å²) in [5, 5.41) is 0. The Morgan fingerprint density at radius 1 is 1.43 bits per heavy atom. The van der Waals surface area contributed by atoms with Crippen LogP contribution in [0, 0.1) is 11.8 Å². The number of hydrogen-bond acceptors (Lipinski definition) is 4. The van der Waals surface area contributed by atoms with Crippen molar-refractivity contribution in [2.75, 3.05) is 18.0 Å². The van der Waals surface area contributed by atoms with Crippen LogP contribution in [-0.2, 0) is 4.74 Å². The molecule has 1 saturated heterocycles. The highest BCUT2D eigenvalue weighted by Gasteiger charge is 2.31. The van der Waals surface area contributed by atoms with E-state index in [2.05, 4.69) is 23.7 Å². The molecule has 0 amide bonds. The van der Waals surface area contributed by atoms with Crippen molar-refractivity contribution in [3.05, 3.63) is 23.9 Å². The zero-order valence-corrected chi connectivity index (χ0v) is 14.9. The highest BCUT2D eigenvalue weighted by atomic mass is 16.5. The normalized spacial score (nSPS) is 19.2. The van der Waals surface area contributed by atoms with Gasteiger partial charge >= 0.3 is 5.97 Å². The minimum absolute atomic E-state index is 0.115. The first kappa shape index (κ1) is 17.8. The summed E-state index contributed by atoms with van der Waals surface area (Å²) in [6.45, 7) is 10.3. The second kappa shape index (κ2) is 8.32. The van der Waals surface area contributed by atoms with E-state index in [1.54, 1.807) is 12.3 Å². The molecular weight excluding hydrogens is 288 g/mol. The maximum atomic E-state index is 12.3. The third-order valence-electron chi connectivity index (χ3n) is 4.72. The number of hydrogen-bond donors (Lipinski definition) is 0. The number of pyridine rings is 1. The van der Waals surface area contributed by atoms with Crippen LogP contribution in [0.2, 0.25) is 0 Å². The standard InChI is InChI=1S/C19H30N2O2/c1-5-8-15(6-2)16-10-12-21(13-16)18-17(9-7-11-20-18)19(22)23-14(3)4/h7,9,11,14-16H,5-6,8,10,12-13H2,1-4H3. The number of nitrogens with zero attached hydrogens (tertiary/aromatic N) is 2. The van der Waals surface area contributed by atoms with Crippen LogP contribution in [0.15, 0.2) is 18.3 Å². The summed E-state index contributed by atoms with van der Waals surface area (Å²) in [7, 11) is 0. The molecule has 0 saturated carbocycles. The van der Waals surface area contributed by atoms with Crippen molar-refractivity contribution in [1.82, 2.24) is 4.98 Å². The van der Waals surface area contributed by atoms with Crippen molar-refractivity contribution in [2.45, 2.75) is 59.5 Å². The van der Waals surface area contributed by atoms with E-state index in [1.165, 1.54) is 25.7 Å². The molecule has 0 spiro atoms. The van der Waals surface area contributed by atoms with Crippen LogP contribution in [0.3, 0.4) is 0 Å². The van der Waals surface area contributed by atoms with Gasteiger partial charge in [-0.05, 0) is 44.2 Å². The van der Waals surface area contributed by atoms with Crippen molar-refractivity contribution in [3.8, 4) is 0 Å². The summed E-state index contributed by atoms with van der Waals surface area (Å²) >= 11 is 0. The predicted molar refractivity (Wildman–Crippen MR) is 93.8 cm³/mol. The van der Waals surface area contributed by atoms with Crippen molar-refractivity contribution in [2.24, 2.45) is 11.8 Å². The van der Waals surface area contributed by atoms with Gasteiger partial charge in [0.1, 0.15) is 11.4 Å². The molecule has 1 aliphatic rings. The molecule has 1 aliphatic heterocycles. The highest BCUT2D eigenvalue weighted by Crippen LogP contribution is 2.33. The fourth-order valence-corrected chi connectivity index (χ4v) is 3.59. The predicted octanol–water partition coefficient (Wildman–Crippen LogP) is 4.30. The number of aromatic nitrogens is 1. The van der Waals surface area contributed by atoms with E-state index in [-0.39, 0.29) is 12.1 Å². The Balaban J connectivity index is 2.12. The monoisotopic (exact) mass is 318 g/mol. The first-order valence-electron chi connectivity index (χ1n) is 8.97. The average molecular weight is 318 g/mol. The van der Waals surface area contributed by atoms with Gasteiger partial charge in [0.25, 0.3) is 0 Å². The van der Waals surface area contributed by atoms with Crippen molar-refractivity contribution in [1.29, 1.82) is 0 Å². The van der Waals surface area contributed by atoms with Gasteiger partial charge in [0, 0.05) is 19.3 Å². The summed E-state index contributed by atoms with van der Waals surface area (Å²) in [6.07, 6.45) is 6.60. The Labute approximate surface area is 140 Å². The van der Waals surface area contributed by atoms with Crippen LogP contribution >= 0.6 is 0 Å². The molecule has 23 heavy (non-hydrogen) atoms. The smallest absolute Gasteiger partial charge is 0.342 e. The van der Waals surface area contributed by atoms with Gasteiger partial charge in [-0.15, -0.1) is 0 Å². The Morgan fingerprint density at radius 2 is 2.22 bits per heavy atom. The number of carbonyl (C=O) groups is 1. The van der Waals surface area contributed by atoms with Gasteiger partial charge in [-0.2, -0.15) is 0 Å². The van der Waals surface area contributed by atoms with Gasteiger partial charge in [-0.1, -0.05) is 33.1 Å². The van der Waals surface area contributed by atoms with Gasteiger partial charge < -0.3 is 9.64 Å². The molecule has 0 aromatic carbocycles. The summed E-state index contributed by atoms with van der Waals surface area (Å²) in [4.78, 5) is 19.1. The molecule has 2 unspecified atom stereocenters. The van der Waals surface area contributed by atoms with E-state index in [1.807, 2.05) is 19.9 Å². The van der Waals surface area contributed by atoms with Crippen molar-refractivity contribution in [3.63, 3.8) is 0 Å². The van der Waals surface area contributed by atoms with E-state index in [0.717, 1.165) is 24.8 Å². The SMILES string of the molecule is CCCC(CC)C1CCN(c2ncccc2C(=O)OC(C)C)C1. The molecular formula is C19H30N2O2. The average Bonchev–Trinajstić information content (AvgIpc) is 3.01. The van der Waals surface area contributed by atoms with Gasteiger partial charge in [0.05, 0.1) is 6.10 Å². The molecule has 128 valence electrons. The van der Waals surface area contributed by atoms with Gasteiger partial charge in [0.2, 0.25) is 0 Å². The highest BCUT2D eigenvalue weighted by molar-refractivity contribution is 5.94. The summed E-state index contributed by atoms with van der Waals surface area (Å²) < 4.78 is 5.36. The molecule has 0 N–H and O–H groups in total. The minimum Gasteiger partial charge on any atom is -0.459 e. The minimum atomic E-state index is -0.271. The summed E-state index contributed by atoms with van der Waals surface area (Å²) in [5.74, 6) is 2.00. The lowest BCUT2D eigenvalue weighted by atomic mass is 9.86. The second-order valence-corrected chi connectivity index (χ2v) is 6.78. The van der Waals surface area contributed by atoms with Crippen LogP contribution in [0.1, 0.15) is 63.7 Å². The Bertz CT molecular complexity index is 516. The van der Waals surface area contributed by atoms with Gasteiger partial charge in [-0.25, -0.2) is 9.78 Å².